The molecular weight excluding hydrogens is 240 g/mol. The average Bonchev–Trinajstić information content (AvgIpc) is 2.42. The van der Waals surface area contributed by atoms with Crippen LogP contribution in [0.5, 0.6) is 0 Å². The van der Waals surface area contributed by atoms with E-state index in [1.54, 1.807) is 18.2 Å². The summed E-state index contributed by atoms with van der Waals surface area (Å²) in [6.45, 7) is 0. The van der Waals surface area contributed by atoms with Gasteiger partial charge in [0.05, 0.1) is 11.4 Å². The normalized spacial score (nSPS) is 9.26. The summed E-state index contributed by atoms with van der Waals surface area (Å²) in [5.74, 6) is 0. The second-order valence-corrected chi connectivity index (χ2v) is 3.92. The van der Waals surface area contributed by atoms with Crippen LogP contribution < -0.4 is 0 Å². The Labute approximate surface area is 110 Å². The van der Waals surface area contributed by atoms with E-state index in [9.17, 15) is 9.59 Å². The lowest BCUT2D eigenvalue weighted by molar-refractivity contribution is 0.564. The number of nitrogens with zero attached hydrogens (tertiary/aromatic N) is 2. The van der Waals surface area contributed by atoms with Crippen LogP contribution in [0.25, 0.3) is 0 Å². The Hall–Kier alpha value is -2.80. The van der Waals surface area contributed by atoms with E-state index >= 15 is 0 Å². The Balaban J connectivity index is 2.18. The topological polar surface area (TPSA) is 58.9 Å². The van der Waals surface area contributed by atoms with Gasteiger partial charge in [0, 0.05) is 0 Å². The molecule has 0 aromatic heterocycles. The Kier molecular flexibility index (Phi) is 4.14. The van der Waals surface area contributed by atoms with Gasteiger partial charge in [-0.1, -0.05) is 24.3 Å². The number of hydrogen-bond acceptors (Lipinski definition) is 4. The molecular formula is C15H10N2O2. The highest BCUT2D eigenvalue weighted by molar-refractivity contribution is 5.51. The van der Waals surface area contributed by atoms with Gasteiger partial charge in [-0.15, -0.1) is 0 Å². The Morgan fingerprint density at radius 3 is 2.16 bits per heavy atom. The van der Waals surface area contributed by atoms with Gasteiger partial charge in [0.1, 0.15) is 0 Å². The molecule has 0 aliphatic rings. The van der Waals surface area contributed by atoms with Crippen molar-refractivity contribution in [2.24, 2.45) is 9.98 Å². The third-order valence-electron chi connectivity index (χ3n) is 2.60. The van der Waals surface area contributed by atoms with Crippen LogP contribution in [-0.4, -0.2) is 12.2 Å². The summed E-state index contributed by atoms with van der Waals surface area (Å²) < 4.78 is 0. The summed E-state index contributed by atoms with van der Waals surface area (Å²) in [6, 6.07) is 14.7. The van der Waals surface area contributed by atoms with E-state index < -0.39 is 0 Å². The van der Waals surface area contributed by atoms with Crippen LogP contribution in [0.1, 0.15) is 11.1 Å². The van der Waals surface area contributed by atoms with Gasteiger partial charge in [-0.3, -0.25) is 0 Å². The van der Waals surface area contributed by atoms with Crippen molar-refractivity contribution in [2.75, 3.05) is 0 Å². The first-order valence-electron chi connectivity index (χ1n) is 5.65. The van der Waals surface area contributed by atoms with Gasteiger partial charge in [-0.25, -0.2) is 9.59 Å². The van der Waals surface area contributed by atoms with Crippen molar-refractivity contribution in [1.29, 1.82) is 0 Å². The van der Waals surface area contributed by atoms with E-state index in [4.69, 9.17) is 0 Å². The van der Waals surface area contributed by atoms with Crippen molar-refractivity contribution in [3.05, 3.63) is 59.7 Å². The largest absolute Gasteiger partial charge is 0.240 e. The smallest absolute Gasteiger partial charge is 0.211 e. The molecule has 2 aromatic carbocycles. The zero-order valence-corrected chi connectivity index (χ0v) is 10.0. The van der Waals surface area contributed by atoms with Gasteiger partial charge in [0.2, 0.25) is 12.2 Å². The van der Waals surface area contributed by atoms with Crippen LogP contribution in [0.3, 0.4) is 0 Å². The first kappa shape index (κ1) is 12.7. The Bertz CT molecular complexity index is 665. The molecule has 0 aliphatic carbocycles. The van der Waals surface area contributed by atoms with E-state index in [1.165, 1.54) is 12.2 Å². The number of benzene rings is 2. The number of isocyanates is 2. The van der Waals surface area contributed by atoms with Gasteiger partial charge in [-0.2, -0.15) is 9.98 Å². The van der Waals surface area contributed by atoms with Crippen molar-refractivity contribution < 1.29 is 9.59 Å². The quantitative estimate of drug-likeness (QED) is 0.618. The summed E-state index contributed by atoms with van der Waals surface area (Å²) in [5.41, 5.74) is 3.30. The highest BCUT2D eigenvalue weighted by atomic mass is 16.1. The van der Waals surface area contributed by atoms with E-state index in [2.05, 4.69) is 9.98 Å². The molecule has 0 atom stereocenters. The first-order chi connectivity index (χ1) is 9.31. The second-order valence-electron chi connectivity index (χ2n) is 3.92. The molecule has 92 valence electrons. The maximum absolute atomic E-state index is 10.2. The maximum Gasteiger partial charge on any atom is 0.240 e. The van der Waals surface area contributed by atoms with E-state index in [0.717, 1.165) is 11.1 Å². The van der Waals surface area contributed by atoms with Crippen LogP contribution in [0.4, 0.5) is 11.4 Å². The van der Waals surface area contributed by atoms with Gasteiger partial charge >= 0.3 is 0 Å². The van der Waals surface area contributed by atoms with E-state index in [-0.39, 0.29) is 0 Å². The minimum atomic E-state index is 0.582. The fourth-order valence-corrected chi connectivity index (χ4v) is 1.77. The van der Waals surface area contributed by atoms with Gasteiger partial charge in [-0.05, 0) is 41.8 Å². The molecule has 2 aromatic rings. The number of hydrogen-bond donors (Lipinski definition) is 0. The summed E-state index contributed by atoms with van der Waals surface area (Å²) in [7, 11) is 0. The standard InChI is InChI=1S/C15H10N2O2/c18-10-16-14-6-4-12(5-7-14)8-13-2-1-3-15(9-13)17-11-19/h1-7,9H,8H2. The van der Waals surface area contributed by atoms with Crippen LogP contribution in [0.2, 0.25) is 0 Å². The van der Waals surface area contributed by atoms with Crippen molar-refractivity contribution >= 4 is 23.5 Å². The molecule has 0 bridgehead atoms. The summed E-state index contributed by atoms with van der Waals surface area (Å²) in [5, 5.41) is 0. The fraction of sp³-hybridized carbons (Fsp3) is 0.0667. The molecule has 0 fully saturated rings. The molecule has 19 heavy (non-hydrogen) atoms. The first-order valence-corrected chi connectivity index (χ1v) is 5.65. The van der Waals surface area contributed by atoms with E-state index in [1.807, 2.05) is 30.3 Å². The van der Waals surface area contributed by atoms with Crippen molar-refractivity contribution in [2.45, 2.75) is 6.42 Å². The number of carbonyl (C=O) groups excluding carboxylic acids is 2. The molecule has 0 heterocycles. The predicted octanol–water partition coefficient (Wildman–Crippen LogP) is 3.21. The monoisotopic (exact) mass is 250 g/mol. The molecule has 0 saturated carbocycles. The molecule has 0 aliphatic heterocycles. The highest BCUT2D eigenvalue weighted by Crippen LogP contribution is 2.18. The van der Waals surface area contributed by atoms with Crippen molar-refractivity contribution in [3.63, 3.8) is 0 Å². The molecule has 0 saturated heterocycles. The summed E-state index contributed by atoms with van der Waals surface area (Å²) in [6.07, 6.45) is 3.74. The van der Waals surface area contributed by atoms with Gasteiger partial charge < -0.3 is 0 Å². The number of rotatable bonds is 4. The predicted molar refractivity (Wildman–Crippen MR) is 71.3 cm³/mol. The minimum Gasteiger partial charge on any atom is -0.211 e. The highest BCUT2D eigenvalue weighted by Gasteiger charge is 1.98. The van der Waals surface area contributed by atoms with Crippen LogP contribution in [-0.2, 0) is 16.0 Å². The van der Waals surface area contributed by atoms with Crippen LogP contribution in [0.15, 0.2) is 58.5 Å². The lowest BCUT2D eigenvalue weighted by Crippen LogP contribution is -1.87. The summed E-state index contributed by atoms with van der Waals surface area (Å²) >= 11 is 0. The molecule has 4 heteroatoms. The molecule has 0 N–H and O–H groups in total. The number of aliphatic imine (C=N–C) groups is 2. The lowest BCUT2D eigenvalue weighted by Gasteiger charge is -2.02. The third-order valence-corrected chi connectivity index (χ3v) is 2.60. The third kappa shape index (κ3) is 3.58. The van der Waals surface area contributed by atoms with Gasteiger partial charge in [0.15, 0.2) is 0 Å². The molecule has 0 spiro atoms. The van der Waals surface area contributed by atoms with Crippen molar-refractivity contribution in [1.82, 2.24) is 0 Å². The SMILES string of the molecule is O=C=Nc1ccc(Cc2cccc(N=C=O)c2)cc1. The fourth-order valence-electron chi connectivity index (χ4n) is 1.77. The van der Waals surface area contributed by atoms with Crippen LogP contribution in [0, 0.1) is 0 Å². The molecule has 2 rings (SSSR count). The Morgan fingerprint density at radius 1 is 0.789 bits per heavy atom. The Morgan fingerprint density at radius 2 is 1.47 bits per heavy atom. The zero-order valence-electron chi connectivity index (χ0n) is 10.0. The molecule has 4 nitrogen and oxygen atoms in total. The minimum absolute atomic E-state index is 0.582. The lowest BCUT2D eigenvalue weighted by atomic mass is 10.0. The van der Waals surface area contributed by atoms with Gasteiger partial charge in [0.25, 0.3) is 0 Å². The van der Waals surface area contributed by atoms with Crippen molar-refractivity contribution in [3.8, 4) is 0 Å². The second kappa shape index (κ2) is 6.22. The van der Waals surface area contributed by atoms with E-state index in [0.29, 0.717) is 17.8 Å². The van der Waals surface area contributed by atoms with Crippen LogP contribution >= 0.6 is 0 Å². The molecule has 0 unspecified atom stereocenters. The molecule has 0 amide bonds. The summed E-state index contributed by atoms with van der Waals surface area (Å²) in [4.78, 5) is 27.4. The average molecular weight is 250 g/mol. The maximum atomic E-state index is 10.2. The molecule has 0 radical (unpaired) electrons. The zero-order chi connectivity index (χ0) is 13.5.